The molecule has 0 spiro atoms. The molecule has 8 nitrogen and oxygen atoms in total. The third-order valence-corrected chi connectivity index (χ3v) is 6.16. The van der Waals surface area contributed by atoms with E-state index in [1.807, 2.05) is 21.9 Å². The Labute approximate surface area is 194 Å². The number of carbonyl (C=O) groups excluding carboxylic acids is 2. The van der Waals surface area contributed by atoms with Crippen LogP contribution in [0.4, 0.5) is 11.4 Å². The number of amides is 2. The lowest BCUT2D eigenvalue weighted by atomic mass is 9.98. The average Bonchev–Trinajstić information content (AvgIpc) is 2.84. The van der Waals surface area contributed by atoms with Gasteiger partial charge in [-0.3, -0.25) is 9.59 Å². The van der Waals surface area contributed by atoms with Crippen molar-refractivity contribution in [3.63, 3.8) is 0 Å². The van der Waals surface area contributed by atoms with Gasteiger partial charge in [0.05, 0.1) is 14.2 Å². The van der Waals surface area contributed by atoms with Gasteiger partial charge in [0.2, 0.25) is 5.91 Å². The number of hydrogen-bond acceptors (Lipinski definition) is 5. The second kappa shape index (κ2) is 10.4. The average molecular weight is 454 g/mol. The van der Waals surface area contributed by atoms with Gasteiger partial charge in [-0.15, -0.1) is 6.58 Å². The number of carbonyl (C=O) groups is 2. The number of anilines is 2. The maximum atomic E-state index is 13.1. The minimum Gasteiger partial charge on any atom is -0.493 e. The van der Waals surface area contributed by atoms with E-state index in [0.29, 0.717) is 43.1 Å². The van der Waals surface area contributed by atoms with Gasteiger partial charge < -0.3 is 29.6 Å². The Hall–Kier alpha value is -3.52. The molecule has 0 atom stereocenters. The molecule has 0 unspecified atom stereocenters. The number of benzene rings is 2. The molecule has 0 aliphatic carbocycles. The van der Waals surface area contributed by atoms with Crippen LogP contribution in [0.15, 0.2) is 49.1 Å². The summed E-state index contributed by atoms with van der Waals surface area (Å²) in [4.78, 5) is 31.4. The summed E-state index contributed by atoms with van der Waals surface area (Å²) in [6, 6.07) is 11.4. The first-order valence-electron chi connectivity index (χ1n) is 10.9. The summed E-state index contributed by atoms with van der Waals surface area (Å²) < 4.78 is 10.6. The van der Waals surface area contributed by atoms with Gasteiger partial charge in [-0.1, -0.05) is 12.1 Å². The molecule has 4 rings (SSSR count). The quantitative estimate of drug-likeness (QED) is 0.626. The summed E-state index contributed by atoms with van der Waals surface area (Å²) >= 11 is 0. The summed E-state index contributed by atoms with van der Waals surface area (Å²) in [5.41, 5.74) is 3.92. The van der Waals surface area contributed by atoms with Crippen molar-refractivity contribution in [2.24, 2.45) is 0 Å². The molecular formula is C25H31N3O5. The SMILES string of the molecule is C=CCN1C(=O)CCc2c(N3CCN(C(=O)c4ccc(OC)c(OC)c4)CC3)cccc21.O. The maximum absolute atomic E-state index is 13.1. The lowest BCUT2D eigenvalue weighted by Gasteiger charge is -2.39. The van der Waals surface area contributed by atoms with Gasteiger partial charge in [-0.25, -0.2) is 0 Å². The van der Waals surface area contributed by atoms with Crippen molar-refractivity contribution in [1.29, 1.82) is 0 Å². The summed E-state index contributed by atoms with van der Waals surface area (Å²) in [6.07, 6.45) is 3.01. The molecule has 0 bridgehead atoms. The molecule has 176 valence electrons. The highest BCUT2D eigenvalue weighted by Crippen LogP contribution is 2.36. The Morgan fingerprint density at radius 3 is 2.36 bits per heavy atom. The molecule has 1 saturated heterocycles. The molecule has 1 fully saturated rings. The van der Waals surface area contributed by atoms with Gasteiger partial charge in [-0.2, -0.15) is 0 Å². The van der Waals surface area contributed by atoms with Crippen molar-refractivity contribution in [3.8, 4) is 11.5 Å². The van der Waals surface area contributed by atoms with E-state index in [-0.39, 0.29) is 17.3 Å². The van der Waals surface area contributed by atoms with Gasteiger partial charge in [-0.05, 0) is 42.3 Å². The summed E-state index contributed by atoms with van der Waals surface area (Å²) in [5, 5.41) is 0. The zero-order valence-electron chi connectivity index (χ0n) is 19.2. The molecule has 2 aliphatic heterocycles. The number of nitrogens with zero attached hydrogens (tertiary/aromatic N) is 3. The largest absolute Gasteiger partial charge is 0.493 e. The van der Waals surface area contributed by atoms with Crippen molar-refractivity contribution >= 4 is 23.2 Å². The molecule has 2 aromatic carbocycles. The zero-order chi connectivity index (χ0) is 22.7. The van der Waals surface area contributed by atoms with E-state index in [2.05, 4.69) is 17.5 Å². The highest BCUT2D eigenvalue weighted by atomic mass is 16.5. The van der Waals surface area contributed by atoms with Crippen LogP contribution in [0.3, 0.4) is 0 Å². The number of rotatable bonds is 6. The Kier molecular flexibility index (Phi) is 7.60. The first kappa shape index (κ1) is 24.1. The van der Waals surface area contributed by atoms with Gasteiger partial charge in [0, 0.05) is 56.1 Å². The molecule has 0 saturated carbocycles. The fraction of sp³-hybridized carbons (Fsp3) is 0.360. The first-order chi connectivity index (χ1) is 15.6. The molecule has 33 heavy (non-hydrogen) atoms. The van der Waals surface area contributed by atoms with E-state index in [1.165, 1.54) is 5.56 Å². The highest BCUT2D eigenvalue weighted by molar-refractivity contribution is 5.98. The smallest absolute Gasteiger partial charge is 0.254 e. The normalized spacial score (nSPS) is 15.5. The van der Waals surface area contributed by atoms with Gasteiger partial charge >= 0.3 is 0 Å². The fourth-order valence-corrected chi connectivity index (χ4v) is 4.50. The third-order valence-electron chi connectivity index (χ3n) is 6.16. The predicted molar refractivity (Wildman–Crippen MR) is 129 cm³/mol. The van der Waals surface area contributed by atoms with Crippen LogP contribution in [0.2, 0.25) is 0 Å². The van der Waals surface area contributed by atoms with E-state index < -0.39 is 0 Å². The zero-order valence-corrected chi connectivity index (χ0v) is 19.2. The Morgan fingerprint density at radius 1 is 1.00 bits per heavy atom. The summed E-state index contributed by atoms with van der Waals surface area (Å²) in [6.45, 7) is 7.05. The topological polar surface area (TPSA) is 93.8 Å². The molecule has 0 aromatic heterocycles. The summed E-state index contributed by atoms with van der Waals surface area (Å²) in [5.74, 6) is 1.28. The molecule has 2 heterocycles. The molecule has 2 amide bonds. The number of piperazine rings is 1. The van der Waals surface area contributed by atoms with Crippen molar-refractivity contribution in [1.82, 2.24) is 4.90 Å². The Balaban J connectivity index is 0.00000306. The minimum absolute atomic E-state index is 0. The maximum Gasteiger partial charge on any atom is 0.254 e. The lowest BCUT2D eigenvalue weighted by molar-refractivity contribution is -0.118. The Morgan fingerprint density at radius 2 is 1.70 bits per heavy atom. The van der Waals surface area contributed by atoms with Crippen LogP contribution in [-0.2, 0) is 11.2 Å². The molecule has 2 N–H and O–H groups in total. The monoisotopic (exact) mass is 453 g/mol. The standard InChI is InChI=1S/C25H29N3O4.H2O/c1-4-12-28-21-7-5-6-20(19(21)9-11-24(28)29)26-13-15-27(16-14-26)25(30)18-8-10-22(31-2)23(17-18)32-3;/h4-8,10,17H,1,9,11-16H2,2-3H3;1H2. The summed E-state index contributed by atoms with van der Waals surface area (Å²) in [7, 11) is 3.14. The lowest BCUT2D eigenvalue weighted by Crippen LogP contribution is -2.49. The van der Waals surface area contributed by atoms with Crippen molar-refractivity contribution in [2.75, 3.05) is 56.7 Å². The van der Waals surface area contributed by atoms with Crippen LogP contribution in [0.1, 0.15) is 22.3 Å². The van der Waals surface area contributed by atoms with E-state index in [9.17, 15) is 9.59 Å². The number of ether oxygens (including phenoxy) is 2. The van der Waals surface area contributed by atoms with Gasteiger partial charge in [0.1, 0.15) is 0 Å². The van der Waals surface area contributed by atoms with Crippen LogP contribution in [0.5, 0.6) is 11.5 Å². The minimum atomic E-state index is -0.0107. The van der Waals surface area contributed by atoms with E-state index in [4.69, 9.17) is 9.47 Å². The molecule has 2 aromatic rings. The predicted octanol–water partition coefficient (Wildman–Crippen LogP) is 2.31. The fourth-order valence-electron chi connectivity index (χ4n) is 4.50. The Bertz CT molecular complexity index is 1030. The van der Waals surface area contributed by atoms with Gasteiger partial charge in [0.25, 0.3) is 5.91 Å². The van der Waals surface area contributed by atoms with Gasteiger partial charge in [0.15, 0.2) is 11.5 Å². The molecular weight excluding hydrogens is 422 g/mol. The van der Waals surface area contributed by atoms with Crippen LogP contribution >= 0.6 is 0 Å². The molecule has 2 aliphatic rings. The van der Waals surface area contributed by atoms with Crippen LogP contribution < -0.4 is 19.3 Å². The van der Waals surface area contributed by atoms with Crippen LogP contribution in [0.25, 0.3) is 0 Å². The molecule has 8 heteroatoms. The third kappa shape index (κ3) is 4.66. The van der Waals surface area contributed by atoms with E-state index in [1.54, 1.807) is 38.5 Å². The highest BCUT2D eigenvalue weighted by Gasteiger charge is 2.29. The first-order valence-corrected chi connectivity index (χ1v) is 10.9. The van der Waals surface area contributed by atoms with Crippen LogP contribution in [0, 0.1) is 0 Å². The van der Waals surface area contributed by atoms with Crippen molar-refractivity contribution in [3.05, 3.63) is 60.2 Å². The van der Waals surface area contributed by atoms with E-state index >= 15 is 0 Å². The second-order valence-corrected chi connectivity index (χ2v) is 7.92. The van der Waals surface area contributed by atoms with Crippen molar-refractivity contribution in [2.45, 2.75) is 12.8 Å². The molecule has 0 radical (unpaired) electrons. The van der Waals surface area contributed by atoms with Crippen molar-refractivity contribution < 1.29 is 24.5 Å². The number of fused-ring (bicyclic) bond motifs is 1. The number of hydrogen-bond donors (Lipinski definition) is 0. The number of methoxy groups -OCH3 is 2. The van der Waals surface area contributed by atoms with Crippen LogP contribution in [-0.4, -0.2) is 69.1 Å². The second-order valence-electron chi connectivity index (χ2n) is 7.92. The van der Waals surface area contributed by atoms with E-state index in [0.717, 1.165) is 30.9 Å².